The number of aryl methyl sites for hydroxylation is 1. The Kier molecular flexibility index (Phi) is 6.45. The Hall–Kier alpha value is -2.94. The number of nitrogens with zero attached hydrogens (tertiary/aromatic N) is 4. The molecular formula is C22H17Cl2N5O2S. The molecule has 7 nitrogen and oxygen atoms in total. The summed E-state index contributed by atoms with van der Waals surface area (Å²) in [6.07, 6.45) is 3.06. The van der Waals surface area contributed by atoms with Crippen molar-refractivity contribution in [3.05, 3.63) is 80.3 Å². The van der Waals surface area contributed by atoms with Crippen LogP contribution in [-0.4, -0.2) is 31.2 Å². The molecule has 0 fully saturated rings. The molecular weight excluding hydrogens is 469 g/mol. The lowest BCUT2D eigenvalue weighted by Gasteiger charge is -2.13. The van der Waals surface area contributed by atoms with E-state index in [1.54, 1.807) is 37.4 Å². The zero-order valence-corrected chi connectivity index (χ0v) is 19.4. The molecule has 0 saturated carbocycles. The minimum atomic E-state index is -0.350. The summed E-state index contributed by atoms with van der Waals surface area (Å²) >= 11 is 13.4. The van der Waals surface area contributed by atoms with Crippen LogP contribution >= 0.6 is 35.0 Å². The molecule has 0 aliphatic heterocycles. The fraction of sp³-hybridized carbons (Fsp3) is 0.136. The van der Waals surface area contributed by atoms with Crippen LogP contribution in [0, 0.1) is 13.8 Å². The number of para-hydroxylation sites is 1. The molecule has 0 aliphatic carbocycles. The molecule has 32 heavy (non-hydrogen) atoms. The second-order valence-electron chi connectivity index (χ2n) is 6.97. The summed E-state index contributed by atoms with van der Waals surface area (Å²) in [5, 5.41) is 4.19. The first kappa shape index (κ1) is 22.3. The van der Waals surface area contributed by atoms with Gasteiger partial charge in [-0.2, -0.15) is 0 Å². The number of nitrogens with one attached hydrogen (secondary N) is 1. The van der Waals surface area contributed by atoms with E-state index >= 15 is 0 Å². The van der Waals surface area contributed by atoms with Gasteiger partial charge in [0.15, 0.2) is 11.0 Å². The maximum atomic E-state index is 13.2. The van der Waals surface area contributed by atoms with Crippen LogP contribution in [0.15, 0.2) is 58.7 Å². The first-order valence-corrected chi connectivity index (χ1v) is 11.3. The normalized spacial score (nSPS) is 11.0. The van der Waals surface area contributed by atoms with Crippen molar-refractivity contribution in [1.29, 1.82) is 0 Å². The van der Waals surface area contributed by atoms with E-state index in [2.05, 4.69) is 20.3 Å². The van der Waals surface area contributed by atoms with Gasteiger partial charge in [0.05, 0.1) is 26.7 Å². The smallest absolute Gasteiger partial charge is 0.267 e. The number of pyridine rings is 2. The molecule has 10 heteroatoms. The van der Waals surface area contributed by atoms with E-state index in [1.807, 2.05) is 19.1 Å². The number of carbonyl (C=O) groups excluding carboxylic acids is 1. The minimum absolute atomic E-state index is 0.0176. The SMILES string of the molecule is Cc1ccnc(-n2c(SCC(=O)Nc3ncc(Cl)c(C)c3Cl)nc3ccccc3c2=O)c1. The highest BCUT2D eigenvalue weighted by Crippen LogP contribution is 2.29. The van der Waals surface area contributed by atoms with Crippen LogP contribution in [0.3, 0.4) is 0 Å². The molecule has 1 amide bonds. The third-order valence-electron chi connectivity index (χ3n) is 4.67. The van der Waals surface area contributed by atoms with Crippen LogP contribution in [0.2, 0.25) is 10.0 Å². The van der Waals surface area contributed by atoms with Crippen LogP contribution in [0.4, 0.5) is 5.82 Å². The van der Waals surface area contributed by atoms with Crippen molar-refractivity contribution in [3.63, 3.8) is 0 Å². The standard InChI is InChI=1S/C22H17Cl2N5O2S/c1-12-7-8-25-17(9-12)29-21(31)14-5-3-4-6-16(14)27-22(29)32-11-18(30)28-20-19(24)13(2)15(23)10-26-20/h3-10H,11H2,1-2H3,(H,26,28,30). The summed E-state index contributed by atoms with van der Waals surface area (Å²) in [4.78, 5) is 38.9. The molecule has 0 aliphatic rings. The number of rotatable bonds is 5. The number of carbonyl (C=O) groups is 1. The highest BCUT2D eigenvalue weighted by molar-refractivity contribution is 7.99. The van der Waals surface area contributed by atoms with E-state index in [4.69, 9.17) is 23.2 Å². The van der Waals surface area contributed by atoms with Gasteiger partial charge in [-0.15, -0.1) is 0 Å². The van der Waals surface area contributed by atoms with Gasteiger partial charge in [0.1, 0.15) is 5.82 Å². The number of amides is 1. The number of aromatic nitrogens is 4. The number of hydrogen-bond donors (Lipinski definition) is 1. The molecule has 1 N–H and O–H groups in total. The van der Waals surface area contributed by atoms with Gasteiger partial charge in [-0.3, -0.25) is 9.59 Å². The Bertz CT molecular complexity index is 1410. The van der Waals surface area contributed by atoms with Crippen molar-refractivity contribution >= 4 is 57.6 Å². The summed E-state index contributed by atoms with van der Waals surface area (Å²) in [6, 6.07) is 10.7. The van der Waals surface area contributed by atoms with E-state index in [0.29, 0.717) is 32.5 Å². The third-order valence-corrected chi connectivity index (χ3v) is 6.45. The number of halogens is 2. The topological polar surface area (TPSA) is 89.8 Å². The molecule has 4 rings (SSSR count). The second kappa shape index (κ2) is 9.28. The number of benzene rings is 1. The maximum absolute atomic E-state index is 13.2. The number of hydrogen-bond acceptors (Lipinski definition) is 6. The molecule has 0 unspecified atom stereocenters. The van der Waals surface area contributed by atoms with E-state index in [-0.39, 0.29) is 28.1 Å². The number of thioether (sulfide) groups is 1. The predicted octanol–water partition coefficient (Wildman–Crippen LogP) is 4.83. The molecule has 0 spiro atoms. The predicted molar refractivity (Wildman–Crippen MR) is 128 cm³/mol. The van der Waals surface area contributed by atoms with Gasteiger partial charge >= 0.3 is 0 Å². The molecule has 3 heterocycles. The van der Waals surface area contributed by atoms with Crippen LogP contribution in [-0.2, 0) is 4.79 Å². The van der Waals surface area contributed by atoms with Gasteiger partial charge in [0, 0.05) is 12.4 Å². The lowest BCUT2D eigenvalue weighted by atomic mass is 10.2. The Morgan fingerprint density at radius 2 is 1.94 bits per heavy atom. The van der Waals surface area contributed by atoms with E-state index in [1.165, 1.54) is 10.8 Å². The first-order valence-electron chi connectivity index (χ1n) is 9.53. The van der Waals surface area contributed by atoms with Crippen molar-refractivity contribution in [2.75, 3.05) is 11.1 Å². The molecule has 1 aromatic carbocycles. The molecule has 162 valence electrons. The van der Waals surface area contributed by atoms with Crippen LogP contribution in [0.25, 0.3) is 16.7 Å². The van der Waals surface area contributed by atoms with Gasteiger partial charge < -0.3 is 5.32 Å². The van der Waals surface area contributed by atoms with Gasteiger partial charge in [-0.25, -0.2) is 19.5 Å². The van der Waals surface area contributed by atoms with E-state index in [0.717, 1.165) is 17.3 Å². The first-order chi connectivity index (χ1) is 15.3. The van der Waals surface area contributed by atoms with Gasteiger partial charge in [-0.05, 0) is 49.2 Å². The maximum Gasteiger partial charge on any atom is 0.267 e. The summed E-state index contributed by atoms with van der Waals surface area (Å²) in [7, 11) is 0. The highest BCUT2D eigenvalue weighted by atomic mass is 35.5. The average Bonchev–Trinajstić information content (AvgIpc) is 2.78. The monoisotopic (exact) mass is 485 g/mol. The molecule has 0 radical (unpaired) electrons. The minimum Gasteiger partial charge on any atom is -0.309 e. The van der Waals surface area contributed by atoms with Crippen LogP contribution in [0.1, 0.15) is 11.1 Å². The lowest BCUT2D eigenvalue weighted by molar-refractivity contribution is -0.113. The molecule has 0 atom stereocenters. The van der Waals surface area contributed by atoms with Gasteiger partial charge in [0.2, 0.25) is 5.91 Å². The van der Waals surface area contributed by atoms with Crippen molar-refractivity contribution in [1.82, 2.24) is 19.5 Å². The molecule has 3 aromatic heterocycles. The largest absolute Gasteiger partial charge is 0.309 e. The molecule has 0 saturated heterocycles. The van der Waals surface area contributed by atoms with E-state index < -0.39 is 0 Å². The fourth-order valence-corrected chi connectivity index (χ4v) is 4.19. The quantitative estimate of drug-likeness (QED) is 0.321. The third kappa shape index (κ3) is 4.48. The van der Waals surface area contributed by atoms with Crippen LogP contribution in [0.5, 0.6) is 0 Å². The Labute approximate surface area is 197 Å². The van der Waals surface area contributed by atoms with Crippen LogP contribution < -0.4 is 10.9 Å². The zero-order valence-electron chi connectivity index (χ0n) is 17.1. The summed E-state index contributed by atoms with van der Waals surface area (Å²) in [6.45, 7) is 3.65. The fourth-order valence-electron chi connectivity index (χ4n) is 3.00. The van der Waals surface area contributed by atoms with E-state index in [9.17, 15) is 9.59 Å². The number of anilines is 1. The lowest BCUT2D eigenvalue weighted by Crippen LogP contribution is -2.24. The van der Waals surface area contributed by atoms with Crippen molar-refractivity contribution < 1.29 is 4.79 Å². The second-order valence-corrected chi connectivity index (χ2v) is 8.70. The summed E-state index contributed by atoms with van der Waals surface area (Å²) in [5.74, 6) is 0.297. The van der Waals surface area contributed by atoms with Crippen molar-refractivity contribution in [2.24, 2.45) is 0 Å². The Morgan fingerprint density at radius 1 is 1.16 bits per heavy atom. The van der Waals surface area contributed by atoms with Gasteiger partial charge in [-0.1, -0.05) is 47.1 Å². The Morgan fingerprint density at radius 3 is 2.72 bits per heavy atom. The molecule has 4 aromatic rings. The average molecular weight is 486 g/mol. The Balaban J connectivity index is 1.67. The highest BCUT2D eigenvalue weighted by Gasteiger charge is 2.17. The van der Waals surface area contributed by atoms with Crippen molar-refractivity contribution in [3.8, 4) is 5.82 Å². The zero-order chi connectivity index (χ0) is 22.8. The number of fused-ring (bicyclic) bond motifs is 1. The molecule has 0 bridgehead atoms. The summed E-state index contributed by atoms with van der Waals surface area (Å²) in [5.41, 5.74) is 1.86. The summed E-state index contributed by atoms with van der Waals surface area (Å²) < 4.78 is 1.42. The van der Waals surface area contributed by atoms with Crippen molar-refractivity contribution in [2.45, 2.75) is 19.0 Å². The van der Waals surface area contributed by atoms with Gasteiger partial charge in [0.25, 0.3) is 5.56 Å².